The molecule has 19 heteroatoms. The van der Waals surface area contributed by atoms with Crippen LogP contribution in [0.4, 0.5) is 0 Å². The lowest BCUT2D eigenvalue weighted by Gasteiger charge is -2.21. The highest BCUT2D eigenvalue weighted by atomic mass is 31.2. The highest BCUT2D eigenvalue weighted by Gasteiger charge is 2.30. The Kier molecular flexibility index (Phi) is 72.8. The van der Waals surface area contributed by atoms with Crippen molar-refractivity contribution in [2.45, 2.75) is 458 Å². The molecule has 3 N–H and O–H groups in total. The molecule has 0 spiro atoms. The molecule has 0 aromatic rings. The molecule has 0 aromatic heterocycles. The number of hydrogen-bond donors (Lipinski definition) is 3. The molecule has 3 unspecified atom stereocenters. The van der Waals surface area contributed by atoms with Gasteiger partial charge in [-0.05, 0) is 43.4 Å². The van der Waals surface area contributed by atoms with E-state index in [-0.39, 0.29) is 25.7 Å². The number of aliphatic hydroxyl groups is 1. The number of esters is 4. The zero-order valence-corrected chi connectivity index (χ0v) is 69.6. The van der Waals surface area contributed by atoms with Crippen molar-refractivity contribution in [2.24, 2.45) is 17.8 Å². The lowest BCUT2D eigenvalue weighted by molar-refractivity contribution is -0.161. The van der Waals surface area contributed by atoms with E-state index in [9.17, 15) is 43.2 Å². The van der Waals surface area contributed by atoms with Crippen LogP contribution in [0.3, 0.4) is 0 Å². The molecule has 0 fully saturated rings. The minimum Gasteiger partial charge on any atom is -0.462 e. The van der Waals surface area contributed by atoms with Gasteiger partial charge in [-0.15, -0.1) is 0 Å². The fourth-order valence-corrected chi connectivity index (χ4v) is 14.6. The van der Waals surface area contributed by atoms with Crippen LogP contribution in [0, 0.1) is 17.8 Å². The van der Waals surface area contributed by atoms with Crippen LogP contribution in [-0.4, -0.2) is 96.7 Å². The molecule has 0 aliphatic heterocycles. The number of unbranched alkanes of at least 4 members (excludes halogenated alkanes) is 49. The van der Waals surface area contributed by atoms with Crippen molar-refractivity contribution in [2.75, 3.05) is 39.6 Å². The number of phosphoric acid groups is 2. The largest absolute Gasteiger partial charge is 0.472 e. The highest BCUT2D eigenvalue weighted by molar-refractivity contribution is 7.47. The van der Waals surface area contributed by atoms with E-state index in [4.69, 9.17) is 37.0 Å². The van der Waals surface area contributed by atoms with Crippen molar-refractivity contribution in [3.63, 3.8) is 0 Å². The van der Waals surface area contributed by atoms with E-state index in [1.54, 1.807) is 0 Å². The summed E-state index contributed by atoms with van der Waals surface area (Å²) in [5.74, 6) is 0.256. The van der Waals surface area contributed by atoms with Crippen molar-refractivity contribution in [3.05, 3.63) is 0 Å². The van der Waals surface area contributed by atoms with E-state index in [1.165, 1.54) is 250 Å². The average molecular weight is 1510 g/mol. The third kappa shape index (κ3) is 76.6. The van der Waals surface area contributed by atoms with E-state index < -0.39 is 97.5 Å². The number of aliphatic hydroxyl groups excluding tert-OH is 1. The van der Waals surface area contributed by atoms with Gasteiger partial charge in [0, 0.05) is 25.7 Å². The first-order valence-electron chi connectivity index (χ1n) is 43.4. The maximum atomic E-state index is 13.1. The Balaban J connectivity index is 5.25. The molecule has 0 saturated heterocycles. The summed E-state index contributed by atoms with van der Waals surface area (Å²) in [6.07, 6.45) is 63.8. The summed E-state index contributed by atoms with van der Waals surface area (Å²) in [5, 5.41) is 10.7. The van der Waals surface area contributed by atoms with Gasteiger partial charge in [-0.25, -0.2) is 9.13 Å². The van der Waals surface area contributed by atoms with Gasteiger partial charge in [0.2, 0.25) is 0 Å². The molecular formula is C84H164O17P2. The van der Waals surface area contributed by atoms with E-state index in [0.29, 0.717) is 25.7 Å². The Morgan fingerprint density at radius 2 is 0.495 bits per heavy atom. The van der Waals surface area contributed by atoms with Crippen LogP contribution in [0.25, 0.3) is 0 Å². The molecule has 0 amide bonds. The van der Waals surface area contributed by atoms with Gasteiger partial charge in [-0.2, -0.15) is 0 Å². The quantitative estimate of drug-likeness (QED) is 0.0222. The molecule has 103 heavy (non-hydrogen) atoms. The van der Waals surface area contributed by atoms with Gasteiger partial charge in [0.15, 0.2) is 12.2 Å². The second-order valence-corrected chi connectivity index (χ2v) is 34.3. The molecule has 612 valence electrons. The molecule has 0 radical (unpaired) electrons. The standard InChI is InChI=1S/C84H164O17P2/c1-8-10-11-12-13-14-15-16-17-23-26-31-36-44-51-58-65-81(86)94-71-79(100-83(88)67-60-53-46-37-32-27-24-21-19-18-20-22-25-29-34-41-48-55-62-75(3)4)73-98-102(90,91)96-69-78(85)70-97-103(92,93)99-74-80(72-95-82(87)66-59-52-45-40-39-43-50-57-64-77(7)9-2)101-84(89)68-61-54-47-38-33-28-30-35-42-49-56-63-76(5)6/h75-80,85H,8-74H2,1-7H3,(H,90,91)(H,92,93)/t77?,78-,79-,80-/m1/s1. The zero-order valence-electron chi connectivity index (χ0n) is 67.8. The number of carbonyl (C=O) groups is 4. The number of phosphoric ester groups is 2. The lowest BCUT2D eigenvalue weighted by Crippen LogP contribution is -2.30. The zero-order chi connectivity index (χ0) is 75.8. The van der Waals surface area contributed by atoms with Gasteiger partial charge in [-0.3, -0.25) is 37.3 Å². The number of rotatable bonds is 82. The molecule has 0 aliphatic carbocycles. The molecule has 0 saturated carbocycles. The fourth-order valence-electron chi connectivity index (χ4n) is 13.0. The average Bonchev–Trinajstić information content (AvgIpc) is 0.907. The van der Waals surface area contributed by atoms with Crippen molar-refractivity contribution in [3.8, 4) is 0 Å². The first-order valence-corrected chi connectivity index (χ1v) is 46.4. The summed E-state index contributed by atoms with van der Waals surface area (Å²) in [6.45, 7) is 12.0. The highest BCUT2D eigenvalue weighted by Crippen LogP contribution is 2.45. The Hall–Kier alpha value is -1.94. The van der Waals surface area contributed by atoms with E-state index >= 15 is 0 Å². The Labute approximate surface area is 632 Å². The molecule has 17 nitrogen and oxygen atoms in total. The van der Waals surface area contributed by atoms with Crippen LogP contribution in [0.15, 0.2) is 0 Å². The molecule has 0 rings (SSSR count). The van der Waals surface area contributed by atoms with Gasteiger partial charge in [0.25, 0.3) is 0 Å². The minimum absolute atomic E-state index is 0.106. The molecule has 0 aromatic carbocycles. The predicted molar refractivity (Wildman–Crippen MR) is 423 cm³/mol. The first-order chi connectivity index (χ1) is 49.8. The van der Waals surface area contributed by atoms with Gasteiger partial charge < -0.3 is 33.8 Å². The smallest absolute Gasteiger partial charge is 0.462 e. The third-order valence-corrected chi connectivity index (χ3v) is 21.9. The molecule has 6 atom stereocenters. The maximum Gasteiger partial charge on any atom is 0.472 e. The summed E-state index contributed by atoms with van der Waals surface area (Å²) >= 11 is 0. The summed E-state index contributed by atoms with van der Waals surface area (Å²) in [4.78, 5) is 73.2. The van der Waals surface area contributed by atoms with E-state index in [0.717, 1.165) is 108 Å². The fraction of sp³-hybridized carbons (Fsp3) is 0.952. The van der Waals surface area contributed by atoms with Gasteiger partial charge >= 0.3 is 39.5 Å². The first kappa shape index (κ1) is 101. The summed E-state index contributed by atoms with van der Waals surface area (Å²) in [7, 11) is -9.93. The van der Waals surface area contributed by atoms with Crippen LogP contribution in [-0.2, 0) is 65.4 Å². The van der Waals surface area contributed by atoms with Crippen LogP contribution < -0.4 is 0 Å². The Bertz CT molecular complexity index is 1990. The summed E-state index contributed by atoms with van der Waals surface area (Å²) in [6, 6.07) is 0. The van der Waals surface area contributed by atoms with Crippen LogP contribution in [0.2, 0.25) is 0 Å². The molecule has 0 heterocycles. The lowest BCUT2D eigenvalue weighted by atomic mass is 9.99. The van der Waals surface area contributed by atoms with Crippen LogP contribution in [0.5, 0.6) is 0 Å². The van der Waals surface area contributed by atoms with Crippen molar-refractivity contribution in [1.82, 2.24) is 0 Å². The SMILES string of the molecule is CCCCCCCCCCCCCCCCCCC(=O)OC[C@H](COP(=O)(O)OC[C@@H](O)COP(=O)(O)OC[C@@H](COC(=O)CCCCCCCCCCC(C)CC)OC(=O)CCCCCCCCCCCCCC(C)C)OC(=O)CCCCCCCCCCCCCCCCCCCCC(C)C. The molecule has 0 aliphatic rings. The topological polar surface area (TPSA) is 237 Å². The number of hydrogen-bond acceptors (Lipinski definition) is 15. The minimum atomic E-state index is -4.96. The molecular weight excluding hydrogens is 1340 g/mol. The second-order valence-electron chi connectivity index (χ2n) is 31.4. The monoisotopic (exact) mass is 1510 g/mol. The Morgan fingerprint density at radius 3 is 0.738 bits per heavy atom. The van der Waals surface area contributed by atoms with Crippen LogP contribution >= 0.6 is 15.6 Å². The van der Waals surface area contributed by atoms with Crippen LogP contribution in [0.1, 0.15) is 440 Å². The second kappa shape index (κ2) is 74.2. The van der Waals surface area contributed by atoms with Crippen molar-refractivity contribution < 1.29 is 80.2 Å². The number of carbonyl (C=O) groups excluding carboxylic acids is 4. The Morgan fingerprint density at radius 1 is 0.282 bits per heavy atom. The predicted octanol–water partition coefficient (Wildman–Crippen LogP) is 25.3. The van der Waals surface area contributed by atoms with Crippen molar-refractivity contribution in [1.29, 1.82) is 0 Å². The van der Waals surface area contributed by atoms with E-state index in [2.05, 4.69) is 48.5 Å². The molecule has 0 bridgehead atoms. The van der Waals surface area contributed by atoms with Gasteiger partial charge in [-0.1, -0.05) is 389 Å². The van der Waals surface area contributed by atoms with E-state index in [1.807, 2.05) is 0 Å². The summed E-state index contributed by atoms with van der Waals surface area (Å²) < 4.78 is 68.8. The summed E-state index contributed by atoms with van der Waals surface area (Å²) in [5.41, 5.74) is 0. The maximum absolute atomic E-state index is 13.1. The van der Waals surface area contributed by atoms with Gasteiger partial charge in [0.1, 0.15) is 19.3 Å². The number of ether oxygens (including phenoxy) is 4. The van der Waals surface area contributed by atoms with Crippen molar-refractivity contribution >= 4 is 39.5 Å². The van der Waals surface area contributed by atoms with Gasteiger partial charge in [0.05, 0.1) is 26.4 Å². The normalized spacial score (nSPS) is 14.2. The third-order valence-electron chi connectivity index (χ3n) is 20.0.